The average molecular weight is 253 g/mol. The fourth-order valence-electron chi connectivity index (χ4n) is 1.31. The largest absolute Gasteiger partial charge is 0.506 e. The number of hydrogen-bond acceptors (Lipinski definition) is 5. The number of carbonyl (C=O) groups is 1. The molecule has 0 saturated carbocycles. The fraction of sp³-hybridized carbons (Fsp3) is 0.364. The first-order valence-corrected chi connectivity index (χ1v) is 5.43. The van der Waals surface area contributed by atoms with E-state index in [1.165, 1.54) is 6.07 Å². The maximum Gasteiger partial charge on any atom is 0.271 e. The summed E-state index contributed by atoms with van der Waals surface area (Å²) in [6.45, 7) is 1.78. The zero-order valence-electron chi connectivity index (χ0n) is 9.92. The Morgan fingerprint density at radius 3 is 2.83 bits per heavy atom. The third-order valence-corrected chi connectivity index (χ3v) is 2.29. The second-order valence-electron chi connectivity index (χ2n) is 4.02. The van der Waals surface area contributed by atoms with Crippen LogP contribution in [0, 0.1) is 10.1 Å². The molecule has 0 spiro atoms. The number of nitro groups is 1. The van der Waals surface area contributed by atoms with Crippen LogP contribution in [0.15, 0.2) is 18.2 Å². The number of phenols is 1. The molecule has 0 radical (unpaired) electrons. The third kappa shape index (κ3) is 4.02. The summed E-state index contributed by atoms with van der Waals surface area (Å²) in [5.74, 6) is -0.558. The molecule has 0 aliphatic heterocycles. The lowest BCUT2D eigenvalue weighted by molar-refractivity contribution is -0.384. The highest BCUT2D eigenvalue weighted by Crippen LogP contribution is 2.27. The first kappa shape index (κ1) is 13.9. The van der Waals surface area contributed by atoms with Gasteiger partial charge >= 0.3 is 0 Å². The zero-order valence-corrected chi connectivity index (χ0v) is 9.92. The van der Waals surface area contributed by atoms with E-state index in [0.717, 1.165) is 12.1 Å². The summed E-state index contributed by atoms with van der Waals surface area (Å²) >= 11 is 0. The molecule has 0 aliphatic carbocycles. The van der Waals surface area contributed by atoms with Gasteiger partial charge in [-0.2, -0.15) is 0 Å². The van der Waals surface area contributed by atoms with E-state index in [1.54, 1.807) is 6.92 Å². The Balaban J connectivity index is 2.74. The summed E-state index contributed by atoms with van der Waals surface area (Å²) in [6.07, 6.45) is 0.696. The predicted octanol–water partition coefficient (Wildman–Crippen LogP) is 1.37. The number of rotatable bonds is 5. The molecule has 7 nitrogen and oxygen atoms in total. The molecule has 1 atom stereocenters. The van der Waals surface area contributed by atoms with Crippen LogP contribution in [0.3, 0.4) is 0 Å². The van der Waals surface area contributed by atoms with Gasteiger partial charge in [-0.3, -0.25) is 14.9 Å². The average Bonchev–Trinajstić information content (AvgIpc) is 2.29. The van der Waals surface area contributed by atoms with Crippen LogP contribution in [0.25, 0.3) is 0 Å². The Kier molecular flexibility index (Phi) is 4.61. The standard InChI is InChI=1S/C11H15N3O4/c1-7(12)2-5-11(16)13-9-6-8(14(17)18)3-4-10(9)15/h3-4,6-7,15H,2,5,12H2,1H3,(H,13,16). The molecule has 0 fully saturated rings. The Labute approximate surface area is 104 Å². The van der Waals surface area contributed by atoms with Crippen molar-refractivity contribution in [3.05, 3.63) is 28.3 Å². The lowest BCUT2D eigenvalue weighted by atomic mass is 10.2. The highest BCUT2D eigenvalue weighted by atomic mass is 16.6. The van der Waals surface area contributed by atoms with Gasteiger partial charge in [-0.25, -0.2) is 0 Å². The van der Waals surface area contributed by atoms with E-state index in [2.05, 4.69) is 5.32 Å². The molecule has 1 amide bonds. The van der Waals surface area contributed by atoms with Gasteiger partial charge in [-0.05, 0) is 19.4 Å². The van der Waals surface area contributed by atoms with Gasteiger partial charge in [0.25, 0.3) is 5.69 Å². The molecular weight excluding hydrogens is 238 g/mol. The number of carbonyl (C=O) groups excluding carboxylic acids is 1. The number of benzene rings is 1. The van der Waals surface area contributed by atoms with Crippen molar-refractivity contribution in [2.75, 3.05) is 5.32 Å². The van der Waals surface area contributed by atoms with Crippen molar-refractivity contribution >= 4 is 17.3 Å². The Morgan fingerprint density at radius 2 is 2.28 bits per heavy atom. The summed E-state index contributed by atoms with van der Waals surface area (Å²) in [5, 5.41) is 22.5. The van der Waals surface area contributed by atoms with Gasteiger partial charge in [-0.15, -0.1) is 0 Å². The molecule has 18 heavy (non-hydrogen) atoms. The van der Waals surface area contributed by atoms with Crippen LogP contribution in [0.5, 0.6) is 5.75 Å². The van der Waals surface area contributed by atoms with Gasteiger partial charge < -0.3 is 16.2 Å². The molecule has 1 aromatic carbocycles. The van der Waals surface area contributed by atoms with E-state index in [4.69, 9.17) is 5.73 Å². The maximum absolute atomic E-state index is 11.5. The molecule has 98 valence electrons. The minimum absolute atomic E-state index is 0.0267. The Hall–Kier alpha value is -2.15. The van der Waals surface area contributed by atoms with Crippen molar-refractivity contribution in [1.29, 1.82) is 0 Å². The van der Waals surface area contributed by atoms with Crippen molar-refractivity contribution in [3.63, 3.8) is 0 Å². The third-order valence-electron chi connectivity index (χ3n) is 2.29. The minimum atomic E-state index is -0.600. The molecule has 7 heteroatoms. The molecule has 1 unspecified atom stereocenters. The summed E-state index contributed by atoms with van der Waals surface area (Å²) in [4.78, 5) is 21.5. The fourth-order valence-corrected chi connectivity index (χ4v) is 1.31. The van der Waals surface area contributed by atoms with Crippen LogP contribution < -0.4 is 11.1 Å². The van der Waals surface area contributed by atoms with Crippen molar-refractivity contribution in [2.45, 2.75) is 25.8 Å². The van der Waals surface area contributed by atoms with Gasteiger partial charge in [0.15, 0.2) is 0 Å². The smallest absolute Gasteiger partial charge is 0.271 e. The van der Waals surface area contributed by atoms with Crippen LogP contribution in [0.1, 0.15) is 19.8 Å². The molecule has 0 heterocycles. The molecule has 1 aromatic rings. The minimum Gasteiger partial charge on any atom is -0.506 e. The summed E-state index contributed by atoms with van der Waals surface area (Å²) < 4.78 is 0. The number of phenolic OH excluding ortho intramolecular Hbond substituents is 1. The number of aromatic hydroxyl groups is 1. The second-order valence-corrected chi connectivity index (χ2v) is 4.02. The SMILES string of the molecule is CC(N)CCC(=O)Nc1cc([N+](=O)[O-])ccc1O. The molecule has 0 aliphatic rings. The van der Waals surface area contributed by atoms with Crippen LogP contribution in [0.4, 0.5) is 11.4 Å². The maximum atomic E-state index is 11.5. The highest BCUT2D eigenvalue weighted by Gasteiger charge is 2.12. The van der Waals surface area contributed by atoms with Gasteiger partial charge in [0.2, 0.25) is 5.91 Å². The van der Waals surface area contributed by atoms with Crippen LogP contribution in [-0.4, -0.2) is 22.0 Å². The number of amides is 1. The van der Waals surface area contributed by atoms with E-state index in [0.29, 0.717) is 6.42 Å². The van der Waals surface area contributed by atoms with Crippen molar-refractivity contribution in [1.82, 2.24) is 0 Å². The number of hydrogen-bond donors (Lipinski definition) is 3. The topological polar surface area (TPSA) is 118 Å². The van der Waals surface area contributed by atoms with Gasteiger partial charge in [0.1, 0.15) is 5.75 Å². The van der Waals surface area contributed by atoms with E-state index < -0.39 is 4.92 Å². The number of nitrogens with one attached hydrogen (secondary N) is 1. The first-order chi connectivity index (χ1) is 8.40. The van der Waals surface area contributed by atoms with E-state index in [-0.39, 0.29) is 35.5 Å². The monoisotopic (exact) mass is 253 g/mol. The number of anilines is 1. The Bertz CT molecular complexity index is 460. The molecule has 1 rings (SSSR count). The lowest BCUT2D eigenvalue weighted by Gasteiger charge is -2.08. The quantitative estimate of drug-likeness (QED) is 0.416. The van der Waals surface area contributed by atoms with Crippen LogP contribution >= 0.6 is 0 Å². The van der Waals surface area contributed by atoms with E-state index >= 15 is 0 Å². The normalized spacial score (nSPS) is 11.9. The van der Waals surface area contributed by atoms with E-state index in [1.807, 2.05) is 0 Å². The molecule has 0 aromatic heterocycles. The molecule has 0 saturated heterocycles. The van der Waals surface area contributed by atoms with Gasteiger partial charge in [0.05, 0.1) is 10.6 Å². The summed E-state index contributed by atoms with van der Waals surface area (Å²) in [7, 11) is 0. The number of non-ortho nitro benzene ring substituents is 1. The number of nitrogens with two attached hydrogens (primary N) is 1. The first-order valence-electron chi connectivity index (χ1n) is 5.43. The number of nitrogens with zero attached hydrogens (tertiary/aromatic N) is 1. The number of nitro benzene ring substituents is 1. The van der Waals surface area contributed by atoms with Gasteiger partial charge in [0, 0.05) is 24.6 Å². The molecule has 4 N–H and O–H groups in total. The zero-order chi connectivity index (χ0) is 13.7. The lowest BCUT2D eigenvalue weighted by Crippen LogP contribution is -2.19. The van der Waals surface area contributed by atoms with Crippen LogP contribution in [0.2, 0.25) is 0 Å². The Morgan fingerprint density at radius 1 is 1.61 bits per heavy atom. The van der Waals surface area contributed by atoms with Crippen molar-refractivity contribution in [2.24, 2.45) is 5.73 Å². The summed E-state index contributed by atoms with van der Waals surface area (Å²) in [5.41, 5.74) is 5.34. The van der Waals surface area contributed by atoms with E-state index in [9.17, 15) is 20.0 Å². The van der Waals surface area contributed by atoms with Crippen LogP contribution in [-0.2, 0) is 4.79 Å². The molecule has 0 bridgehead atoms. The second kappa shape index (κ2) is 5.97. The molecular formula is C11H15N3O4. The van der Waals surface area contributed by atoms with Crippen molar-refractivity contribution in [3.8, 4) is 5.75 Å². The predicted molar refractivity (Wildman–Crippen MR) is 66.3 cm³/mol. The summed E-state index contributed by atoms with van der Waals surface area (Å²) in [6, 6.07) is 3.33. The van der Waals surface area contributed by atoms with Gasteiger partial charge in [-0.1, -0.05) is 0 Å². The van der Waals surface area contributed by atoms with Crippen molar-refractivity contribution < 1.29 is 14.8 Å². The highest BCUT2D eigenvalue weighted by molar-refractivity contribution is 5.92.